The van der Waals surface area contributed by atoms with Crippen molar-refractivity contribution in [3.05, 3.63) is 48.0 Å². The number of hydrogen-bond acceptors (Lipinski definition) is 3. The second-order valence-electron chi connectivity index (χ2n) is 6.55. The Kier molecular flexibility index (Phi) is 2.58. The van der Waals surface area contributed by atoms with Crippen LogP contribution in [0.3, 0.4) is 0 Å². The summed E-state index contributed by atoms with van der Waals surface area (Å²) in [6, 6.07) is 9.71. The number of carbonyl (C=O) groups is 2. The molecule has 0 unspecified atom stereocenters. The molecular weight excluding hydrogens is 282 g/mol. The van der Waals surface area contributed by atoms with Gasteiger partial charge < -0.3 is 14.7 Å². The van der Waals surface area contributed by atoms with Crippen LogP contribution in [0.2, 0.25) is 0 Å². The van der Waals surface area contributed by atoms with Gasteiger partial charge in [0.25, 0.3) is 0 Å². The molecule has 0 radical (unpaired) electrons. The predicted molar refractivity (Wildman–Crippen MR) is 77.8 cm³/mol. The lowest BCUT2D eigenvalue weighted by molar-refractivity contribution is -0.151. The largest absolute Gasteiger partial charge is 0.481 e. The lowest BCUT2D eigenvalue weighted by atomic mass is 9.72. The number of carboxylic acids is 1. The summed E-state index contributed by atoms with van der Waals surface area (Å²) in [5, 5.41) is 9.55. The summed E-state index contributed by atoms with van der Waals surface area (Å²) in [6.07, 6.45) is 3.70. The number of likely N-dealkylation sites (tertiary alicyclic amines) is 1. The fourth-order valence-electron chi connectivity index (χ4n) is 4.16. The lowest BCUT2D eigenvalue weighted by Gasteiger charge is -2.27. The van der Waals surface area contributed by atoms with Crippen LogP contribution in [-0.2, 0) is 20.9 Å². The number of rotatable bonds is 3. The van der Waals surface area contributed by atoms with Gasteiger partial charge in [-0.3, -0.25) is 9.59 Å². The Hall–Kier alpha value is -2.14. The number of carbonyl (C=O) groups excluding carboxylic acids is 1. The third-order valence-electron chi connectivity index (χ3n) is 5.08. The molecule has 22 heavy (non-hydrogen) atoms. The SMILES string of the molecule is C[C@@]12C=C[C@]3(CN(Cc4ccccc4)C(=O)[C@@H]3[C@@H]1C(=O)O)O2. The fraction of sp³-hybridized carbons (Fsp3) is 0.412. The molecular formula is C17H17NO4. The van der Waals surface area contributed by atoms with Crippen molar-refractivity contribution in [2.75, 3.05) is 6.54 Å². The quantitative estimate of drug-likeness (QED) is 0.858. The average Bonchev–Trinajstić information content (AvgIpc) is 3.03. The third-order valence-corrected chi connectivity index (χ3v) is 5.08. The fourth-order valence-corrected chi connectivity index (χ4v) is 4.16. The van der Waals surface area contributed by atoms with Crippen molar-refractivity contribution in [2.24, 2.45) is 11.8 Å². The first-order valence-corrected chi connectivity index (χ1v) is 7.41. The molecule has 2 bridgehead atoms. The van der Waals surface area contributed by atoms with Gasteiger partial charge in [-0.1, -0.05) is 42.5 Å². The number of fused-ring (bicyclic) bond motifs is 1. The molecule has 114 valence electrons. The van der Waals surface area contributed by atoms with Gasteiger partial charge in [-0.2, -0.15) is 0 Å². The maximum atomic E-state index is 12.8. The van der Waals surface area contributed by atoms with Crippen LogP contribution >= 0.6 is 0 Å². The second-order valence-corrected chi connectivity index (χ2v) is 6.55. The number of aliphatic carboxylic acids is 1. The Morgan fingerprint density at radius 1 is 1.36 bits per heavy atom. The number of amides is 1. The van der Waals surface area contributed by atoms with E-state index in [4.69, 9.17) is 4.74 Å². The number of ether oxygens (including phenoxy) is 1. The van der Waals surface area contributed by atoms with Gasteiger partial charge in [0, 0.05) is 6.54 Å². The van der Waals surface area contributed by atoms with E-state index in [9.17, 15) is 14.7 Å². The van der Waals surface area contributed by atoms with E-state index in [1.165, 1.54) is 0 Å². The summed E-state index contributed by atoms with van der Waals surface area (Å²) < 4.78 is 6.03. The van der Waals surface area contributed by atoms with Crippen LogP contribution in [0.5, 0.6) is 0 Å². The molecule has 5 heteroatoms. The minimum Gasteiger partial charge on any atom is -0.481 e. The Labute approximate surface area is 128 Å². The summed E-state index contributed by atoms with van der Waals surface area (Å²) in [4.78, 5) is 26.2. The van der Waals surface area contributed by atoms with E-state index >= 15 is 0 Å². The van der Waals surface area contributed by atoms with E-state index < -0.39 is 29.0 Å². The van der Waals surface area contributed by atoms with Crippen LogP contribution in [0.25, 0.3) is 0 Å². The van der Waals surface area contributed by atoms with Crippen LogP contribution in [0.4, 0.5) is 0 Å². The number of benzene rings is 1. The van der Waals surface area contributed by atoms with Gasteiger partial charge in [0.05, 0.1) is 18.1 Å². The minimum absolute atomic E-state index is 0.121. The highest BCUT2D eigenvalue weighted by Crippen LogP contribution is 2.57. The summed E-state index contributed by atoms with van der Waals surface area (Å²) in [5.41, 5.74) is -0.613. The summed E-state index contributed by atoms with van der Waals surface area (Å²) in [7, 11) is 0. The first kappa shape index (κ1) is 13.5. The van der Waals surface area contributed by atoms with Gasteiger partial charge in [-0.25, -0.2) is 0 Å². The molecule has 5 nitrogen and oxygen atoms in total. The van der Waals surface area contributed by atoms with Crippen molar-refractivity contribution in [3.63, 3.8) is 0 Å². The summed E-state index contributed by atoms with van der Waals surface area (Å²) in [5.74, 6) is -2.52. The van der Waals surface area contributed by atoms with E-state index in [-0.39, 0.29) is 5.91 Å². The summed E-state index contributed by atoms with van der Waals surface area (Å²) >= 11 is 0. The Morgan fingerprint density at radius 2 is 2.09 bits per heavy atom. The second kappa shape index (κ2) is 4.20. The topological polar surface area (TPSA) is 66.8 Å². The molecule has 0 aromatic heterocycles. The van der Waals surface area contributed by atoms with Gasteiger partial charge >= 0.3 is 5.97 Å². The van der Waals surface area contributed by atoms with E-state index in [0.29, 0.717) is 13.1 Å². The molecule has 1 aromatic rings. The maximum Gasteiger partial charge on any atom is 0.310 e. The molecule has 3 aliphatic heterocycles. The Bertz CT molecular complexity index is 685. The molecule has 1 N–H and O–H groups in total. The van der Waals surface area contributed by atoms with Crippen LogP contribution in [0.1, 0.15) is 12.5 Å². The van der Waals surface area contributed by atoms with Gasteiger partial charge in [-0.05, 0) is 12.5 Å². The molecule has 1 spiro atoms. The van der Waals surface area contributed by atoms with Crippen molar-refractivity contribution in [1.29, 1.82) is 0 Å². The normalized spacial score (nSPS) is 38.6. The van der Waals surface area contributed by atoms with Gasteiger partial charge in [0.15, 0.2) is 0 Å². The van der Waals surface area contributed by atoms with E-state index in [0.717, 1.165) is 5.56 Å². The van der Waals surface area contributed by atoms with Crippen molar-refractivity contribution in [3.8, 4) is 0 Å². The molecule has 1 amide bonds. The average molecular weight is 299 g/mol. The van der Waals surface area contributed by atoms with Crippen LogP contribution in [-0.4, -0.2) is 39.6 Å². The molecule has 1 aromatic carbocycles. The first-order chi connectivity index (χ1) is 10.5. The molecule has 3 aliphatic rings. The monoisotopic (exact) mass is 299 g/mol. The Morgan fingerprint density at radius 3 is 2.77 bits per heavy atom. The smallest absolute Gasteiger partial charge is 0.310 e. The number of hydrogen-bond donors (Lipinski definition) is 1. The van der Waals surface area contributed by atoms with E-state index in [1.54, 1.807) is 11.8 Å². The molecule has 2 saturated heterocycles. The Balaban J connectivity index is 1.66. The van der Waals surface area contributed by atoms with E-state index in [2.05, 4.69) is 0 Å². The maximum absolute atomic E-state index is 12.8. The molecule has 4 rings (SSSR count). The first-order valence-electron chi connectivity index (χ1n) is 7.41. The van der Waals surface area contributed by atoms with Gasteiger partial charge in [0.2, 0.25) is 5.91 Å². The molecule has 3 heterocycles. The third kappa shape index (κ3) is 1.63. The highest BCUT2D eigenvalue weighted by Gasteiger charge is 2.71. The van der Waals surface area contributed by atoms with Crippen molar-refractivity contribution in [2.45, 2.75) is 24.7 Å². The zero-order valence-electron chi connectivity index (χ0n) is 12.2. The molecule has 0 aliphatic carbocycles. The van der Waals surface area contributed by atoms with Crippen LogP contribution in [0, 0.1) is 11.8 Å². The minimum atomic E-state index is -0.964. The highest BCUT2D eigenvalue weighted by atomic mass is 16.5. The molecule has 4 atom stereocenters. The van der Waals surface area contributed by atoms with Gasteiger partial charge in [-0.15, -0.1) is 0 Å². The van der Waals surface area contributed by atoms with E-state index in [1.807, 2.05) is 42.5 Å². The van der Waals surface area contributed by atoms with Gasteiger partial charge in [0.1, 0.15) is 11.5 Å². The highest BCUT2D eigenvalue weighted by molar-refractivity contribution is 5.91. The summed E-state index contributed by atoms with van der Waals surface area (Å²) in [6.45, 7) is 2.66. The van der Waals surface area contributed by atoms with Crippen molar-refractivity contribution >= 4 is 11.9 Å². The lowest BCUT2D eigenvalue weighted by Crippen LogP contribution is -2.43. The standard InChI is InChI=1S/C17H17NO4/c1-16-7-8-17(22-16)10-18(9-11-5-3-2-4-6-11)14(19)12(17)13(16)15(20)21/h2-8,12-13H,9-10H2,1H3,(H,20,21)/t12-,13+,16+,17+/m0/s1. The molecule has 2 fully saturated rings. The van der Waals surface area contributed by atoms with Crippen molar-refractivity contribution < 1.29 is 19.4 Å². The van der Waals surface area contributed by atoms with Crippen LogP contribution in [0.15, 0.2) is 42.5 Å². The molecule has 0 saturated carbocycles. The van der Waals surface area contributed by atoms with Crippen LogP contribution < -0.4 is 0 Å². The predicted octanol–water partition coefficient (Wildman–Crippen LogP) is 1.44. The zero-order chi connectivity index (χ0) is 15.5. The zero-order valence-corrected chi connectivity index (χ0v) is 12.2. The number of nitrogens with zero attached hydrogens (tertiary/aromatic N) is 1. The van der Waals surface area contributed by atoms with Crippen molar-refractivity contribution in [1.82, 2.24) is 4.90 Å². The number of carboxylic acid groups (broad SMARTS) is 1.